The molecular weight excluding hydrogens is 272 g/mol. The molecule has 2 rings (SSSR count). The number of benzene rings is 2. The van der Waals surface area contributed by atoms with Crippen LogP contribution in [0.3, 0.4) is 0 Å². The van der Waals surface area contributed by atoms with Gasteiger partial charge in [-0.15, -0.1) is 0 Å². The van der Waals surface area contributed by atoms with Crippen LogP contribution in [0.15, 0.2) is 46.9 Å². The van der Waals surface area contributed by atoms with Crippen molar-refractivity contribution in [1.29, 1.82) is 0 Å². The van der Waals surface area contributed by atoms with Crippen molar-refractivity contribution in [3.63, 3.8) is 0 Å². The van der Waals surface area contributed by atoms with Gasteiger partial charge in [0.15, 0.2) is 0 Å². The molecule has 0 amide bonds. The van der Waals surface area contributed by atoms with E-state index >= 15 is 0 Å². The Balaban J connectivity index is 2.22. The van der Waals surface area contributed by atoms with E-state index in [0.717, 1.165) is 12.8 Å². The molecule has 0 N–H and O–H groups in total. The lowest BCUT2D eigenvalue weighted by molar-refractivity contribution is 1.11. The van der Waals surface area contributed by atoms with Crippen LogP contribution in [-0.4, -0.2) is 0 Å². The van der Waals surface area contributed by atoms with Crippen LogP contribution in [0.1, 0.15) is 29.2 Å². The summed E-state index contributed by atoms with van der Waals surface area (Å²) in [7, 11) is 0. The molecule has 0 spiro atoms. The fourth-order valence-corrected chi connectivity index (χ4v) is 2.34. The molecule has 0 fully saturated rings. The minimum Gasteiger partial charge on any atom is -0.0613 e. The zero-order valence-electron chi connectivity index (χ0n) is 10.3. The molecule has 2 aromatic rings. The Hall–Kier alpha value is -1.08. The predicted molar refractivity (Wildman–Crippen MR) is 77.5 cm³/mol. The number of aryl methyl sites for hydroxylation is 2. The Morgan fingerprint density at radius 3 is 2.24 bits per heavy atom. The monoisotopic (exact) mass is 288 g/mol. The molecule has 0 aromatic heterocycles. The first-order valence-electron chi connectivity index (χ1n) is 6.02. The van der Waals surface area contributed by atoms with E-state index < -0.39 is 0 Å². The first-order chi connectivity index (χ1) is 8.19. The molecule has 0 unspecified atom stereocenters. The van der Waals surface area contributed by atoms with E-state index in [1.54, 1.807) is 0 Å². The molecule has 0 radical (unpaired) electrons. The lowest BCUT2D eigenvalue weighted by Gasteiger charge is -2.07. The molecular formula is C16H17Br. The zero-order chi connectivity index (χ0) is 12.3. The highest BCUT2D eigenvalue weighted by Crippen LogP contribution is 2.21. The summed E-state index contributed by atoms with van der Waals surface area (Å²) in [6.45, 7) is 4.32. The average molecular weight is 289 g/mol. The number of hydrogen-bond acceptors (Lipinski definition) is 0. The first kappa shape index (κ1) is 12.4. The van der Waals surface area contributed by atoms with Crippen molar-refractivity contribution in [2.24, 2.45) is 0 Å². The van der Waals surface area contributed by atoms with Gasteiger partial charge in [-0.25, -0.2) is 0 Å². The highest BCUT2D eigenvalue weighted by molar-refractivity contribution is 9.10. The maximum Gasteiger partial charge on any atom is 0.0210 e. The molecule has 0 saturated carbocycles. The van der Waals surface area contributed by atoms with Crippen LogP contribution in [0.2, 0.25) is 0 Å². The third kappa shape index (κ3) is 3.19. The van der Waals surface area contributed by atoms with Gasteiger partial charge in [-0.1, -0.05) is 64.8 Å². The second kappa shape index (κ2) is 5.50. The van der Waals surface area contributed by atoms with E-state index in [4.69, 9.17) is 0 Å². The van der Waals surface area contributed by atoms with Crippen molar-refractivity contribution in [3.05, 3.63) is 69.2 Å². The summed E-state index contributed by atoms with van der Waals surface area (Å²) in [5.41, 5.74) is 5.44. The number of halogens is 1. The van der Waals surface area contributed by atoms with Crippen LogP contribution < -0.4 is 0 Å². The minimum absolute atomic E-state index is 0.992. The maximum absolute atomic E-state index is 3.62. The van der Waals surface area contributed by atoms with Gasteiger partial charge < -0.3 is 0 Å². The lowest BCUT2D eigenvalue weighted by Crippen LogP contribution is -1.91. The molecule has 1 heteroatoms. The number of rotatable bonds is 3. The van der Waals surface area contributed by atoms with Crippen molar-refractivity contribution in [2.45, 2.75) is 26.7 Å². The summed E-state index contributed by atoms with van der Waals surface area (Å²) >= 11 is 3.62. The van der Waals surface area contributed by atoms with Crippen LogP contribution >= 0.6 is 15.9 Å². The van der Waals surface area contributed by atoms with E-state index in [9.17, 15) is 0 Å². The average Bonchev–Trinajstić information content (AvgIpc) is 2.35. The molecule has 0 aliphatic carbocycles. The highest BCUT2D eigenvalue weighted by Gasteiger charge is 2.02. The Bertz CT molecular complexity index is 497. The highest BCUT2D eigenvalue weighted by atomic mass is 79.9. The van der Waals surface area contributed by atoms with E-state index in [1.165, 1.54) is 26.7 Å². The fourth-order valence-electron chi connectivity index (χ4n) is 1.95. The second-order valence-electron chi connectivity index (χ2n) is 4.44. The quantitative estimate of drug-likeness (QED) is 0.753. The molecule has 17 heavy (non-hydrogen) atoms. The second-order valence-corrected chi connectivity index (χ2v) is 5.30. The van der Waals surface area contributed by atoms with Crippen molar-refractivity contribution in [2.75, 3.05) is 0 Å². The van der Waals surface area contributed by atoms with Gasteiger partial charge in [0, 0.05) is 4.47 Å². The smallest absolute Gasteiger partial charge is 0.0210 e. The summed E-state index contributed by atoms with van der Waals surface area (Å²) in [5, 5.41) is 0. The summed E-state index contributed by atoms with van der Waals surface area (Å²) < 4.78 is 1.20. The standard InChI is InChI=1S/C16H17Br/c1-3-13-5-7-14(8-6-13)11-15-10-12(2)4-9-16(15)17/h4-10H,3,11H2,1-2H3. The summed E-state index contributed by atoms with van der Waals surface area (Å²) in [6, 6.07) is 15.4. The lowest BCUT2D eigenvalue weighted by atomic mass is 10.0. The Kier molecular flexibility index (Phi) is 4.01. The van der Waals surface area contributed by atoms with E-state index in [2.05, 4.69) is 72.2 Å². The van der Waals surface area contributed by atoms with Crippen molar-refractivity contribution < 1.29 is 0 Å². The first-order valence-corrected chi connectivity index (χ1v) is 6.81. The third-order valence-corrected chi connectivity index (χ3v) is 3.80. The molecule has 0 heterocycles. The molecule has 0 nitrogen and oxygen atoms in total. The molecule has 0 bridgehead atoms. The van der Waals surface area contributed by atoms with Crippen LogP contribution in [0.25, 0.3) is 0 Å². The largest absolute Gasteiger partial charge is 0.0613 e. The molecule has 88 valence electrons. The van der Waals surface area contributed by atoms with Crippen molar-refractivity contribution in [3.8, 4) is 0 Å². The van der Waals surface area contributed by atoms with Gasteiger partial charge in [-0.2, -0.15) is 0 Å². The summed E-state index contributed by atoms with van der Waals surface area (Å²) in [4.78, 5) is 0. The summed E-state index contributed by atoms with van der Waals surface area (Å²) in [6.07, 6.45) is 2.10. The van der Waals surface area contributed by atoms with Crippen LogP contribution in [-0.2, 0) is 12.8 Å². The van der Waals surface area contributed by atoms with E-state index in [1.807, 2.05) is 0 Å². The SMILES string of the molecule is CCc1ccc(Cc2cc(C)ccc2Br)cc1. The Labute approximate surface area is 112 Å². The molecule has 0 atom stereocenters. The fraction of sp³-hybridized carbons (Fsp3) is 0.250. The van der Waals surface area contributed by atoms with E-state index in [0.29, 0.717) is 0 Å². The van der Waals surface area contributed by atoms with Crippen LogP contribution in [0.4, 0.5) is 0 Å². The topological polar surface area (TPSA) is 0 Å². The van der Waals surface area contributed by atoms with Crippen LogP contribution in [0.5, 0.6) is 0 Å². The van der Waals surface area contributed by atoms with Crippen molar-refractivity contribution in [1.82, 2.24) is 0 Å². The van der Waals surface area contributed by atoms with Crippen LogP contribution in [0, 0.1) is 6.92 Å². The zero-order valence-corrected chi connectivity index (χ0v) is 11.9. The molecule has 0 saturated heterocycles. The summed E-state index contributed by atoms with van der Waals surface area (Å²) in [5.74, 6) is 0. The predicted octanol–water partition coefficient (Wildman–Crippen LogP) is 4.91. The third-order valence-electron chi connectivity index (χ3n) is 3.03. The van der Waals surface area contributed by atoms with E-state index in [-0.39, 0.29) is 0 Å². The van der Waals surface area contributed by atoms with Gasteiger partial charge in [0.2, 0.25) is 0 Å². The van der Waals surface area contributed by atoms with Gasteiger partial charge in [0.1, 0.15) is 0 Å². The molecule has 0 aliphatic heterocycles. The van der Waals surface area contributed by atoms with Crippen molar-refractivity contribution >= 4 is 15.9 Å². The normalized spacial score (nSPS) is 10.5. The van der Waals surface area contributed by atoms with Gasteiger partial charge in [-0.05, 0) is 42.5 Å². The van der Waals surface area contributed by atoms with Gasteiger partial charge in [0.25, 0.3) is 0 Å². The Morgan fingerprint density at radius 2 is 1.59 bits per heavy atom. The van der Waals surface area contributed by atoms with Gasteiger partial charge >= 0.3 is 0 Å². The minimum atomic E-state index is 0.992. The van der Waals surface area contributed by atoms with Gasteiger partial charge in [-0.3, -0.25) is 0 Å². The number of hydrogen-bond donors (Lipinski definition) is 0. The molecule has 0 aliphatic rings. The Morgan fingerprint density at radius 1 is 0.941 bits per heavy atom. The van der Waals surface area contributed by atoms with Gasteiger partial charge in [0.05, 0.1) is 0 Å². The molecule has 2 aromatic carbocycles. The maximum atomic E-state index is 3.62.